The Morgan fingerprint density at radius 2 is 0.812 bits per heavy atom. The van der Waals surface area contributed by atoms with Crippen LogP contribution >= 0.6 is 7.82 Å². The Bertz CT molecular complexity index is 1780. The number of carbonyl (C=O) groups is 2. The van der Waals surface area contributed by atoms with E-state index in [9.17, 15) is 19.0 Å². The van der Waals surface area contributed by atoms with E-state index in [4.69, 9.17) is 13.8 Å². The molecule has 3 atom stereocenters. The lowest BCUT2D eigenvalue weighted by atomic mass is 10.0. The first-order valence-corrected chi connectivity index (χ1v) is 33.8. The fourth-order valence-electron chi connectivity index (χ4n) is 8.67. The molecule has 0 heterocycles. The van der Waals surface area contributed by atoms with Gasteiger partial charge in [-0.1, -0.05) is 258 Å². The number of ether oxygens (including phenoxy) is 1. The number of hydrogen-bond donors (Lipinski definition) is 1. The zero-order valence-electron chi connectivity index (χ0n) is 52.2. The second kappa shape index (κ2) is 58.6. The van der Waals surface area contributed by atoms with Crippen LogP contribution in [-0.2, 0) is 27.9 Å². The van der Waals surface area contributed by atoms with Crippen LogP contribution in [0.15, 0.2) is 122 Å². The molecule has 0 aromatic carbocycles. The molecule has 0 fully saturated rings. The van der Waals surface area contributed by atoms with Gasteiger partial charge in [0.05, 0.1) is 33.8 Å². The molecule has 0 saturated heterocycles. The van der Waals surface area contributed by atoms with E-state index in [2.05, 4.69) is 123 Å². The van der Waals surface area contributed by atoms with Gasteiger partial charge in [-0.25, -0.2) is 0 Å². The number of unbranched alkanes of at least 4 members (excludes halogenated alkanes) is 23. The molecule has 0 aliphatic carbocycles. The van der Waals surface area contributed by atoms with Gasteiger partial charge < -0.3 is 28.5 Å². The third kappa shape index (κ3) is 59.0. The second-order valence-corrected chi connectivity index (χ2v) is 23.9. The predicted molar refractivity (Wildman–Crippen MR) is 343 cm³/mol. The summed E-state index contributed by atoms with van der Waals surface area (Å²) in [5.41, 5.74) is 0. The van der Waals surface area contributed by atoms with E-state index in [1.807, 2.05) is 45.4 Å². The van der Waals surface area contributed by atoms with E-state index >= 15 is 0 Å². The van der Waals surface area contributed by atoms with Crippen molar-refractivity contribution in [2.24, 2.45) is 0 Å². The summed E-state index contributed by atoms with van der Waals surface area (Å²) in [6.45, 7) is 6.63. The molecule has 0 aliphatic rings. The summed E-state index contributed by atoms with van der Waals surface area (Å²) < 4.78 is 30.3. The van der Waals surface area contributed by atoms with E-state index in [1.165, 1.54) is 116 Å². The summed E-state index contributed by atoms with van der Waals surface area (Å²) in [6.07, 6.45) is 81.9. The number of quaternary nitrogens is 1. The van der Waals surface area contributed by atoms with Crippen molar-refractivity contribution in [1.82, 2.24) is 5.32 Å². The van der Waals surface area contributed by atoms with Crippen LogP contribution in [-0.4, -0.2) is 69.4 Å². The first-order chi connectivity index (χ1) is 38.9. The van der Waals surface area contributed by atoms with Crippen molar-refractivity contribution < 1.29 is 37.3 Å². The van der Waals surface area contributed by atoms with Crippen molar-refractivity contribution in [2.45, 2.75) is 270 Å². The molecule has 0 aromatic rings. The molecule has 9 nitrogen and oxygen atoms in total. The Morgan fingerprint density at radius 1 is 0.450 bits per heavy atom. The topological polar surface area (TPSA) is 114 Å². The molecule has 458 valence electrons. The molecule has 3 unspecified atom stereocenters. The summed E-state index contributed by atoms with van der Waals surface area (Å²) in [6, 6.07) is -0.939. The van der Waals surface area contributed by atoms with E-state index < -0.39 is 26.6 Å². The maximum Gasteiger partial charge on any atom is 0.306 e. The third-order valence-electron chi connectivity index (χ3n) is 13.6. The average Bonchev–Trinajstić information content (AvgIpc) is 3.42. The van der Waals surface area contributed by atoms with Gasteiger partial charge in [-0.3, -0.25) is 14.2 Å². The van der Waals surface area contributed by atoms with Gasteiger partial charge in [-0.2, -0.15) is 0 Å². The molecule has 0 aromatic heterocycles. The monoisotopic (exact) mass is 1130 g/mol. The van der Waals surface area contributed by atoms with Crippen molar-refractivity contribution in [3.05, 3.63) is 122 Å². The maximum absolute atomic E-state index is 13.5. The number of amides is 1. The second-order valence-electron chi connectivity index (χ2n) is 22.5. The number of carbonyl (C=O) groups excluding carboxylic acids is 2. The summed E-state index contributed by atoms with van der Waals surface area (Å²) in [4.78, 5) is 40.0. The van der Waals surface area contributed by atoms with E-state index in [0.29, 0.717) is 23.9 Å². The van der Waals surface area contributed by atoms with Crippen LogP contribution in [0.5, 0.6) is 0 Å². The summed E-state index contributed by atoms with van der Waals surface area (Å²) in [5.74, 6) is -0.648. The summed E-state index contributed by atoms with van der Waals surface area (Å²) in [5, 5.41) is 2.98. The van der Waals surface area contributed by atoms with Crippen LogP contribution in [0.2, 0.25) is 0 Å². The largest absolute Gasteiger partial charge is 0.756 e. The van der Waals surface area contributed by atoms with Crippen molar-refractivity contribution in [1.29, 1.82) is 0 Å². The minimum Gasteiger partial charge on any atom is -0.756 e. The van der Waals surface area contributed by atoms with Crippen LogP contribution < -0.4 is 10.2 Å². The Labute approximate surface area is 493 Å². The third-order valence-corrected chi connectivity index (χ3v) is 14.6. The van der Waals surface area contributed by atoms with Gasteiger partial charge in [-0.15, -0.1) is 0 Å². The lowest BCUT2D eigenvalue weighted by Gasteiger charge is -2.30. The van der Waals surface area contributed by atoms with Gasteiger partial charge in [0.2, 0.25) is 5.91 Å². The van der Waals surface area contributed by atoms with E-state index in [-0.39, 0.29) is 31.3 Å². The van der Waals surface area contributed by atoms with E-state index in [0.717, 1.165) is 96.3 Å². The quantitative estimate of drug-likeness (QED) is 0.0212. The standard InChI is InChI=1S/C70H121N2O7P/c1-7-10-13-16-19-22-25-28-30-32-34-35-36-37-39-41-43-45-48-51-54-57-60-63-70(74)79-68(61-58-55-52-49-46-27-24-21-18-15-12-9-3)67(66-78-80(75,76)77-65-64-72(4,5)6)71-69(73)62-59-56-53-50-47-44-42-40-38-33-31-29-26-23-20-17-14-11-8-2/h11,14,19-20,22-23,28-31,34-35,38,40,44,47,53,56,58,61,67-68H,7-10,12-13,15-18,21,24-27,32-33,36-37,39,41-43,45-46,48-52,54-55,57,59-60,62-66H2,1-6H3,(H-,71,73,75,76)/b14-11-,22-19-,23-20-,30-28-,31-29-,35-34-,40-38-,47-44-,56-53-,61-58+. The Kier molecular flexibility index (Phi) is 56.0. The average molecular weight is 1130 g/mol. The highest BCUT2D eigenvalue weighted by molar-refractivity contribution is 7.45. The van der Waals surface area contributed by atoms with Gasteiger partial charge >= 0.3 is 5.97 Å². The molecule has 0 spiro atoms. The molecular weight excluding hydrogens is 1010 g/mol. The molecule has 0 radical (unpaired) electrons. The van der Waals surface area contributed by atoms with Gasteiger partial charge in [0.1, 0.15) is 19.3 Å². The lowest BCUT2D eigenvalue weighted by molar-refractivity contribution is -0.870. The molecule has 0 bridgehead atoms. The number of hydrogen-bond acceptors (Lipinski definition) is 7. The summed E-state index contributed by atoms with van der Waals surface area (Å²) >= 11 is 0. The lowest BCUT2D eigenvalue weighted by Crippen LogP contribution is -2.47. The Hall–Kier alpha value is -3.59. The molecule has 80 heavy (non-hydrogen) atoms. The van der Waals surface area contributed by atoms with Crippen LogP contribution in [0.3, 0.4) is 0 Å². The maximum atomic E-state index is 13.5. The number of nitrogens with zero attached hydrogens (tertiary/aromatic N) is 1. The minimum absolute atomic E-state index is 0.0424. The van der Waals surface area contributed by atoms with Crippen LogP contribution in [0, 0.1) is 0 Å². The highest BCUT2D eigenvalue weighted by Crippen LogP contribution is 2.38. The number of allylic oxidation sites excluding steroid dienone is 19. The Morgan fingerprint density at radius 3 is 1.25 bits per heavy atom. The fraction of sp³-hybridized carbons (Fsp3) is 0.686. The highest BCUT2D eigenvalue weighted by atomic mass is 31.2. The molecule has 1 amide bonds. The zero-order valence-corrected chi connectivity index (χ0v) is 53.1. The summed E-state index contributed by atoms with van der Waals surface area (Å²) in [7, 11) is 1.12. The van der Waals surface area contributed by atoms with Crippen molar-refractivity contribution >= 4 is 19.7 Å². The van der Waals surface area contributed by atoms with Crippen LogP contribution in [0.25, 0.3) is 0 Å². The molecule has 0 saturated carbocycles. The number of phosphoric ester groups is 1. The normalized spacial score (nSPS) is 14.4. The van der Waals surface area contributed by atoms with Crippen LogP contribution in [0.4, 0.5) is 0 Å². The van der Waals surface area contributed by atoms with Crippen molar-refractivity contribution in [3.8, 4) is 0 Å². The van der Waals surface area contributed by atoms with E-state index in [1.54, 1.807) is 0 Å². The van der Waals surface area contributed by atoms with Crippen molar-refractivity contribution in [2.75, 3.05) is 40.9 Å². The van der Waals surface area contributed by atoms with Gasteiger partial charge in [0.25, 0.3) is 7.82 Å². The Balaban J connectivity index is 5.30. The number of esters is 1. The first-order valence-electron chi connectivity index (χ1n) is 32.3. The molecule has 1 N–H and O–H groups in total. The van der Waals surface area contributed by atoms with Gasteiger partial charge in [0.15, 0.2) is 0 Å². The predicted octanol–water partition coefficient (Wildman–Crippen LogP) is 19.6. The van der Waals surface area contributed by atoms with Gasteiger partial charge in [0, 0.05) is 12.8 Å². The highest BCUT2D eigenvalue weighted by Gasteiger charge is 2.27. The fourth-order valence-corrected chi connectivity index (χ4v) is 9.39. The number of likely N-dealkylation sites (N-methyl/N-ethyl adjacent to an activating group) is 1. The number of nitrogens with one attached hydrogen (secondary N) is 1. The zero-order chi connectivity index (χ0) is 58.6. The van der Waals surface area contributed by atoms with Gasteiger partial charge in [-0.05, 0) is 109 Å². The SMILES string of the molecule is CC/C=C\C/C=C\C/C=C\C/C=C\C/C=C\C/C=C\CCC(=O)NC(COP(=O)([O-])OCC[N+](C)(C)C)C(/C=C/CCCCCCCCCCCC)OC(=O)CCCCCCCCCCCC/C=C\C/C=C\C/C=C\CCCCC. The molecule has 0 rings (SSSR count). The first kappa shape index (κ1) is 76.4. The van der Waals surface area contributed by atoms with Crippen molar-refractivity contribution in [3.63, 3.8) is 0 Å². The molecule has 10 heteroatoms. The smallest absolute Gasteiger partial charge is 0.306 e. The van der Waals surface area contributed by atoms with Crippen LogP contribution in [0.1, 0.15) is 258 Å². The molecule has 0 aliphatic heterocycles. The number of phosphoric acid groups is 1. The molecular formula is C70H121N2O7P. The number of rotatable bonds is 57. The minimum atomic E-state index is -4.73.